The number of hydrogen-bond donors (Lipinski definition) is 0. The summed E-state index contributed by atoms with van der Waals surface area (Å²) in [5, 5.41) is 0. The summed E-state index contributed by atoms with van der Waals surface area (Å²) in [6.07, 6.45) is 84.3. The van der Waals surface area contributed by atoms with E-state index in [2.05, 4.69) is 52.0 Å². The maximum absolute atomic E-state index is 6.30. The third-order valence-corrected chi connectivity index (χ3v) is 17.1. The minimum absolute atomic E-state index is 0.00920. The van der Waals surface area contributed by atoms with E-state index in [4.69, 9.17) is 33.2 Å². The summed E-state index contributed by atoms with van der Waals surface area (Å²) in [4.78, 5) is 0. The molecule has 496 valence electrons. The molecule has 0 fully saturated rings. The second-order valence-electron chi connectivity index (χ2n) is 25.4. The molecule has 0 bridgehead atoms. The first-order valence-corrected chi connectivity index (χ1v) is 37.7. The highest BCUT2D eigenvalue weighted by Crippen LogP contribution is 2.20. The molecule has 0 saturated heterocycles. The van der Waals surface area contributed by atoms with Crippen molar-refractivity contribution in [3.8, 4) is 0 Å². The van der Waals surface area contributed by atoms with Crippen LogP contribution in [0.1, 0.15) is 400 Å². The molecular weight excluding hydrogens is 1020 g/mol. The molecule has 0 saturated carbocycles. The number of ether oxygens (including phenoxy) is 7. The first-order chi connectivity index (χ1) is 41.1. The Morgan fingerprint density at radius 1 is 0.229 bits per heavy atom. The number of rotatable bonds is 74. The lowest BCUT2D eigenvalue weighted by Crippen LogP contribution is -2.22. The van der Waals surface area contributed by atoms with Crippen molar-refractivity contribution in [1.82, 2.24) is 0 Å². The van der Waals surface area contributed by atoms with Crippen LogP contribution in [0.4, 0.5) is 0 Å². The van der Waals surface area contributed by atoms with Crippen LogP contribution in [-0.4, -0.2) is 65.8 Å². The third kappa shape index (κ3) is 67.0. The summed E-state index contributed by atoms with van der Waals surface area (Å²) >= 11 is 0. The van der Waals surface area contributed by atoms with Gasteiger partial charge in [0.1, 0.15) is 0 Å². The average Bonchev–Trinajstić information content (AvgIpc) is 3.49. The molecule has 7 heteroatoms. The van der Waals surface area contributed by atoms with Crippen molar-refractivity contribution in [2.24, 2.45) is 0 Å². The largest absolute Gasteiger partial charge is 0.353 e. The van der Waals surface area contributed by atoms with Crippen LogP contribution in [0.2, 0.25) is 0 Å². The van der Waals surface area contributed by atoms with E-state index in [1.807, 2.05) is 0 Å². The van der Waals surface area contributed by atoms with Crippen LogP contribution in [0.5, 0.6) is 0 Å². The lowest BCUT2D eigenvalue weighted by Gasteiger charge is -2.19. The molecule has 0 aliphatic rings. The minimum Gasteiger partial charge on any atom is -0.353 e. The summed E-state index contributed by atoms with van der Waals surface area (Å²) in [6.45, 7) is 12.6. The summed E-state index contributed by atoms with van der Waals surface area (Å²) in [5.74, 6) is 0. The van der Waals surface area contributed by atoms with Gasteiger partial charge in [-0.1, -0.05) is 335 Å². The number of unbranched alkanes of at least 4 members (excludes halogenated alkanes) is 50. The van der Waals surface area contributed by atoms with Gasteiger partial charge < -0.3 is 33.2 Å². The Kier molecular flexibility index (Phi) is 73.0. The van der Waals surface area contributed by atoms with Gasteiger partial charge in [0.25, 0.3) is 0 Å². The van der Waals surface area contributed by atoms with Gasteiger partial charge in [0.2, 0.25) is 0 Å². The summed E-state index contributed by atoms with van der Waals surface area (Å²) in [6, 6.07) is 0. The highest BCUT2D eigenvalue weighted by Gasteiger charge is 2.13. The van der Waals surface area contributed by atoms with Crippen molar-refractivity contribution in [2.45, 2.75) is 425 Å². The first-order valence-electron chi connectivity index (χ1n) is 37.7. The van der Waals surface area contributed by atoms with Gasteiger partial charge in [0.15, 0.2) is 25.2 Å². The van der Waals surface area contributed by atoms with E-state index in [0.29, 0.717) is 0 Å². The molecule has 0 radical (unpaired) electrons. The van der Waals surface area contributed by atoms with Gasteiger partial charge in [0.05, 0.1) is 0 Å². The van der Waals surface area contributed by atoms with E-state index >= 15 is 0 Å². The van der Waals surface area contributed by atoms with E-state index in [9.17, 15) is 0 Å². The van der Waals surface area contributed by atoms with Crippen molar-refractivity contribution in [2.75, 3.05) is 40.6 Å². The van der Waals surface area contributed by atoms with Gasteiger partial charge in [-0.15, -0.1) is 0 Å². The summed E-state index contributed by atoms with van der Waals surface area (Å²) in [5.41, 5.74) is 0. The molecule has 83 heavy (non-hydrogen) atoms. The van der Waals surface area contributed by atoms with Crippen LogP contribution >= 0.6 is 0 Å². The van der Waals surface area contributed by atoms with Crippen LogP contribution in [-0.2, 0) is 33.2 Å². The molecule has 2 unspecified atom stereocenters. The molecule has 0 aliphatic heterocycles. The second-order valence-corrected chi connectivity index (χ2v) is 25.4. The highest BCUT2D eigenvalue weighted by atomic mass is 16.8. The van der Waals surface area contributed by atoms with Crippen LogP contribution in [0.25, 0.3) is 0 Å². The molecule has 0 N–H and O–H groups in total. The Labute approximate surface area is 521 Å². The molecular formula is C76H150O7. The zero-order valence-electron chi connectivity index (χ0n) is 57.3. The van der Waals surface area contributed by atoms with Crippen LogP contribution in [0.3, 0.4) is 0 Å². The molecule has 0 amide bonds. The second kappa shape index (κ2) is 73.7. The van der Waals surface area contributed by atoms with Gasteiger partial charge in [0, 0.05) is 40.6 Å². The van der Waals surface area contributed by atoms with Crippen molar-refractivity contribution < 1.29 is 33.2 Å². The predicted molar refractivity (Wildman–Crippen MR) is 363 cm³/mol. The zero-order chi connectivity index (χ0) is 59.9. The number of allylic oxidation sites excluding steroid dienone is 2. The molecule has 0 aromatic heterocycles. The summed E-state index contributed by atoms with van der Waals surface area (Å²) in [7, 11) is 3.43. The van der Waals surface area contributed by atoms with Crippen molar-refractivity contribution in [3.63, 3.8) is 0 Å². The fraction of sp³-hybridized carbons (Fsp3) is 0.947. The molecule has 0 aromatic carbocycles. The van der Waals surface area contributed by atoms with Crippen LogP contribution in [0, 0.1) is 0 Å². The van der Waals surface area contributed by atoms with E-state index in [1.54, 1.807) is 14.2 Å². The van der Waals surface area contributed by atoms with E-state index in [-0.39, 0.29) is 25.2 Å². The Morgan fingerprint density at radius 2 is 0.422 bits per heavy atom. The van der Waals surface area contributed by atoms with E-state index in [1.165, 1.54) is 347 Å². The van der Waals surface area contributed by atoms with Crippen molar-refractivity contribution in [1.29, 1.82) is 0 Å². The van der Waals surface area contributed by atoms with E-state index in [0.717, 1.165) is 52.1 Å². The fourth-order valence-corrected chi connectivity index (χ4v) is 11.5. The van der Waals surface area contributed by atoms with Gasteiger partial charge in [-0.2, -0.15) is 0 Å². The van der Waals surface area contributed by atoms with Crippen LogP contribution < -0.4 is 0 Å². The molecule has 0 rings (SSSR count). The molecule has 0 spiro atoms. The summed E-state index contributed by atoms with van der Waals surface area (Å²) < 4.78 is 42.5. The molecule has 7 nitrogen and oxygen atoms in total. The molecule has 2 atom stereocenters. The zero-order valence-corrected chi connectivity index (χ0v) is 57.3. The number of methoxy groups -OCH3 is 2. The van der Waals surface area contributed by atoms with Gasteiger partial charge in [-0.05, 0) is 89.2 Å². The average molecular weight is 1180 g/mol. The maximum Gasteiger partial charge on any atom is 0.179 e. The SMILES string of the molecule is CCCCCCCCCOC(CCCCCCCCCCCCCCCC=CC(OC)OC(C=CCCCCCCCCCCCCCCCC(OCCCCCCCCC)OCCCCCCCCC)OC)OCCCCCCCCC. The number of hydrogen-bond acceptors (Lipinski definition) is 7. The van der Waals surface area contributed by atoms with Crippen LogP contribution in [0.15, 0.2) is 24.3 Å². The first kappa shape index (κ1) is 82.2. The molecule has 0 heterocycles. The minimum atomic E-state index is -0.387. The Hall–Kier alpha value is -0.800. The topological polar surface area (TPSA) is 64.6 Å². The maximum atomic E-state index is 6.30. The Morgan fingerprint density at radius 3 is 0.639 bits per heavy atom. The third-order valence-electron chi connectivity index (χ3n) is 17.1. The highest BCUT2D eigenvalue weighted by molar-refractivity contribution is 4.89. The van der Waals surface area contributed by atoms with Crippen molar-refractivity contribution in [3.05, 3.63) is 24.3 Å². The lowest BCUT2D eigenvalue weighted by molar-refractivity contribution is -0.188. The smallest absolute Gasteiger partial charge is 0.179 e. The van der Waals surface area contributed by atoms with E-state index < -0.39 is 0 Å². The van der Waals surface area contributed by atoms with Gasteiger partial charge in [-0.25, -0.2) is 0 Å². The standard InChI is InChI=1S/C76H150O7/c1-7-11-15-19-45-53-61-69-79-75(80-70-62-54-46-20-16-12-8-2)67-59-51-43-39-35-31-27-23-25-29-33-37-41-49-57-65-73(77-5)83-74(78-6)66-58-50-42-38-34-30-26-24-28-32-36-40-44-52-60-68-76(81-71-63-55-47-21-17-13-9-3)82-72-64-56-48-22-18-14-10-4/h57-58,65-66,73-76H,7-56,59-64,67-72H2,1-6H3. The fourth-order valence-electron chi connectivity index (χ4n) is 11.5. The molecule has 0 aliphatic carbocycles. The quantitative estimate of drug-likeness (QED) is 0.0342. The van der Waals surface area contributed by atoms with Gasteiger partial charge >= 0.3 is 0 Å². The normalized spacial score (nSPS) is 12.9. The molecule has 0 aromatic rings. The van der Waals surface area contributed by atoms with Gasteiger partial charge in [-0.3, -0.25) is 0 Å². The predicted octanol–water partition coefficient (Wildman–Crippen LogP) is 25.5. The van der Waals surface area contributed by atoms with Crippen molar-refractivity contribution >= 4 is 0 Å². The lowest BCUT2D eigenvalue weighted by atomic mass is 10.0. The monoisotopic (exact) mass is 1180 g/mol. The Balaban J connectivity index is 3.92. The Bertz CT molecular complexity index is 1080.